The first-order valence-corrected chi connectivity index (χ1v) is 8.21. The molecule has 0 saturated carbocycles. The molecule has 0 spiro atoms. The minimum atomic E-state index is -0.477. The lowest BCUT2D eigenvalue weighted by Gasteiger charge is -2.45. The van der Waals surface area contributed by atoms with Crippen molar-refractivity contribution in [2.75, 3.05) is 6.54 Å². The molecule has 3 rings (SSSR count). The van der Waals surface area contributed by atoms with E-state index in [1.54, 1.807) is 16.2 Å². The Morgan fingerprint density at radius 1 is 1.41 bits per heavy atom. The van der Waals surface area contributed by atoms with Gasteiger partial charge in [-0.3, -0.25) is 4.90 Å². The summed E-state index contributed by atoms with van der Waals surface area (Å²) in [6.07, 6.45) is -0.313. The summed E-state index contributed by atoms with van der Waals surface area (Å²) < 4.78 is 12.5. The van der Waals surface area contributed by atoms with Crippen molar-refractivity contribution in [1.82, 2.24) is 9.88 Å². The zero-order valence-electron chi connectivity index (χ0n) is 13.2. The first-order chi connectivity index (χ1) is 10.3. The number of para-hydroxylation sites is 1. The molecule has 6 heteroatoms. The van der Waals surface area contributed by atoms with E-state index in [0.717, 1.165) is 16.0 Å². The molecule has 0 radical (unpaired) electrons. The second-order valence-electron chi connectivity index (χ2n) is 6.48. The third-order valence-corrected chi connectivity index (χ3v) is 4.43. The maximum atomic E-state index is 12.1. The summed E-state index contributed by atoms with van der Waals surface area (Å²) >= 11 is 1.59. The van der Waals surface area contributed by atoms with Crippen molar-refractivity contribution in [2.45, 2.75) is 45.4 Å². The monoisotopic (exact) mass is 320 g/mol. The van der Waals surface area contributed by atoms with E-state index in [4.69, 9.17) is 9.47 Å². The third kappa shape index (κ3) is 2.88. The van der Waals surface area contributed by atoms with Crippen molar-refractivity contribution < 1.29 is 14.3 Å². The minimum absolute atomic E-state index is 0.0104. The van der Waals surface area contributed by atoms with Gasteiger partial charge in [-0.2, -0.15) is 0 Å². The largest absolute Gasteiger partial charge is 0.484 e. The van der Waals surface area contributed by atoms with Crippen molar-refractivity contribution in [3.63, 3.8) is 0 Å². The van der Waals surface area contributed by atoms with E-state index in [1.807, 2.05) is 51.4 Å². The Morgan fingerprint density at radius 3 is 2.86 bits per heavy atom. The predicted octanol–water partition coefficient (Wildman–Crippen LogP) is 3.68. The van der Waals surface area contributed by atoms with E-state index in [1.165, 1.54) is 0 Å². The molecule has 2 aromatic rings. The molecule has 1 saturated heterocycles. The lowest BCUT2D eigenvalue weighted by atomic mass is 10.0. The Labute approximate surface area is 133 Å². The fourth-order valence-electron chi connectivity index (χ4n) is 2.39. The number of rotatable bonds is 2. The molecule has 0 unspecified atom stereocenters. The van der Waals surface area contributed by atoms with Crippen molar-refractivity contribution in [3.8, 4) is 5.75 Å². The van der Waals surface area contributed by atoms with Gasteiger partial charge in [-0.25, -0.2) is 9.78 Å². The summed E-state index contributed by atoms with van der Waals surface area (Å²) in [5, 5.41) is 0. The number of benzene rings is 1. The second kappa shape index (κ2) is 5.43. The molecule has 2 heterocycles. The zero-order chi connectivity index (χ0) is 15.9. The summed E-state index contributed by atoms with van der Waals surface area (Å²) in [7, 11) is 0. The van der Waals surface area contributed by atoms with Crippen LogP contribution in [0, 0.1) is 0 Å². The fraction of sp³-hybridized carbons (Fsp3) is 0.500. The Morgan fingerprint density at radius 2 is 2.18 bits per heavy atom. The molecule has 0 bridgehead atoms. The van der Waals surface area contributed by atoms with Gasteiger partial charge in [0.05, 0.1) is 22.8 Å². The molecular formula is C16H20N2O3S. The van der Waals surface area contributed by atoms with Gasteiger partial charge in [0.2, 0.25) is 0 Å². The zero-order valence-corrected chi connectivity index (χ0v) is 14.0. The van der Waals surface area contributed by atoms with Crippen molar-refractivity contribution >= 4 is 27.6 Å². The molecule has 22 heavy (non-hydrogen) atoms. The van der Waals surface area contributed by atoms with Crippen LogP contribution in [0.2, 0.25) is 0 Å². The molecule has 5 nitrogen and oxygen atoms in total. The average Bonchev–Trinajstić information content (AvgIpc) is 2.89. The number of aromatic nitrogens is 1. The topological polar surface area (TPSA) is 51.7 Å². The molecule has 1 aliphatic rings. The second-order valence-corrected chi connectivity index (χ2v) is 7.37. The Balaban J connectivity index is 1.65. The van der Waals surface area contributed by atoms with Crippen molar-refractivity contribution in [3.05, 3.63) is 23.7 Å². The van der Waals surface area contributed by atoms with Gasteiger partial charge >= 0.3 is 6.09 Å². The fourth-order valence-corrected chi connectivity index (χ4v) is 3.08. The number of carbonyl (C=O) groups excluding carboxylic acids is 1. The van der Waals surface area contributed by atoms with Crippen LogP contribution < -0.4 is 4.74 Å². The first kappa shape index (κ1) is 15.1. The quantitative estimate of drug-likeness (QED) is 0.847. The number of ether oxygens (including phenoxy) is 2. The first-order valence-electron chi connectivity index (χ1n) is 7.33. The minimum Gasteiger partial charge on any atom is -0.484 e. The van der Waals surface area contributed by atoms with Gasteiger partial charge in [0.1, 0.15) is 23.0 Å². The van der Waals surface area contributed by atoms with Gasteiger partial charge in [0, 0.05) is 0 Å². The predicted molar refractivity (Wildman–Crippen MR) is 86.4 cm³/mol. The van der Waals surface area contributed by atoms with E-state index in [0.29, 0.717) is 6.54 Å². The maximum Gasteiger partial charge on any atom is 0.410 e. The van der Waals surface area contributed by atoms with Crippen LogP contribution in [-0.4, -0.2) is 40.3 Å². The van der Waals surface area contributed by atoms with E-state index >= 15 is 0 Å². The van der Waals surface area contributed by atoms with Gasteiger partial charge in [-0.1, -0.05) is 6.07 Å². The summed E-state index contributed by atoms with van der Waals surface area (Å²) in [6, 6.07) is 5.90. The van der Waals surface area contributed by atoms with Crippen molar-refractivity contribution in [1.29, 1.82) is 0 Å². The van der Waals surface area contributed by atoms with Gasteiger partial charge in [0.15, 0.2) is 0 Å². The van der Waals surface area contributed by atoms with Gasteiger partial charge in [-0.15, -0.1) is 11.3 Å². The number of nitrogens with zero attached hydrogens (tertiary/aromatic N) is 2. The van der Waals surface area contributed by atoms with Crippen LogP contribution in [0.3, 0.4) is 0 Å². The lowest BCUT2D eigenvalue weighted by Crippen LogP contribution is -2.63. The molecule has 1 aromatic heterocycles. The maximum absolute atomic E-state index is 12.1. The van der Waals surface area contributed by atoms with E-state index in [9.17, 15) is 4.79 Å². The molecule has 2 atom stereocenters. The van der Waals surface area contributed by atoms with Crippen LogP contribution in [0.5, 0.6) is 5.75 Å². The molecule has 1 fully saturated rings. The summed E-state index contributed by atoms with van der Waals surface area (Å²) in [6.45, 7) is 8.11. The van der Waals surface area contributed by atoms with Crippen molar-refractivity contribution in [2.24, 2.45) is 0 Å². The number of fused-ring (bicyclic) bond motifs is 1. The number of hydrogen-bond acceptors (Lipinski definition) is 5. The third-order valence-electron chi connectivity index (χ3n) is 3.64. The Bertz CT molecular complexity index is 692. The summed E-state index contributed by atoms with van der Waals surface area (Å²) in [4.78, 5) is 18.1. The smallest absolute Gasteiger partial charge is 0.410 e. The molecule has 1 aliphatic heterocycles. The van der Waals surface area contributed by atoms with E-state index < -0.39 is 5.60 Å². The Hall–Kier alpha value is -1.82. The summed E-state index contributed by atoms with van der Waals surface area (Å²) in [5.41, 5.74) is 2.22. The van der Waals surface area contributed by atoms with E-state index in [2.05, 4.69) is 4.98 Å². The average molecular weight is 320 g/mol. The molecule has 0 aliphatic carbocycles. The SMILES string of the molecule is C[C@@H]1[C@H](Oc2cccc3scnc23)CN1C(=O)OC(C)(C)C. The molecule has 1 aromatic carbocycles. The molecule has 1 amide bonds. The molecule has 0 N–H and O–H groups in total. The number of carbonyl (C=O) groups is 1. The van der Waals surface area contributed by atoms with Gasteiger partial charge in [-0.05, 0) is 39.8 Å². The Kier molecular flexibility index (Phi) is 3.72. The molecule has 118 valence electrons. The highest BCUT2D eigenvalue weighted by Crippen LogP contribution is 2.31. The van der Waals surface area contributed by atoms with Crippen LogP contribution in [0.15, 0.2) is 23.7 Å². The number of amides is 1. The van der Waals surface area contributed by atoms with Crippen LogP contribution in [-0.2, 0) is 4.74 Å². The number of hydrogen-bond donors (Lipinski definition) is 0. The van der Waals surface area contributed by atoms with Gasteiger partial charge in [0.25, 0.3) is 0 Å². The highest BCUT2D eigenvalue weighted by Gasteiger charge is 2.42. The highest BCUT2D eigenvalue weighted by atomic mass is 32.1. The van der Waals surface area contributed by atoms with E-state index in [-0.39, 0.29) is 18.2 Å². The lowest BCUT2D eigenvalue weighted by molar-refractivity contribution is -0.0532. The molecular weight excluding hydrogens is 300 g/mol. The number of likely N-dealkylation sites (tertiary alicyclic amines) is 1. The highest BCUT2D eigenvalue weighted by molar-refractivity contribution is 7.16. The van der Waals surface area contributed by atoms with Gasteiger partial charge < -0.3 is 9.47 Å². The van der Waals surface area contributed by atoms with Crippen LogP contribution in [0.1, 0.15) is 27.7 Å². The standard InChI is InChI=1S/C16H20N2O3S/c1-10-12(8-18(10)15(19)21-16(2,3)4)20-11-6-5-7-13-14(11)17-9-22-13/h5-7,9-10,12H,8H2,1-4H3/t10-,12-/m1/s1. The normalized spacial score (nSPS) is 21.5. The van der Waals surface area contributed by atoms with Crippen LogP contribution >= 0.6 is 11.3 Å². The number of thiazole rings is 1. The summed E-state index contributed by atoms with van der Waals surface area (Å²) in [5.74, 6) is 0.777. The van der Waals surface area contributed by atoms with Crippen LogP contribution in [0.4, 0.5) is 4.79 Å². The van der Waals surface area contributed by atoms with Crippen LogP contribution in [0.25, 0.3) is 10.2 Å².